The highest BCUT2D eigenvalue weighted by Gasteiger charge is 2.19. The van der Waals surface area contributed by atoms with Crippen LogP contribution in [0.4, 0.5) is 8.78 Å². The first kappa shape index (κ1) is 13.0. The molecule has 0 saturated carbocycles. The molecule has 1 aromatic carbocycles. The van der Waals surface area contributed by atoms with Crippen molar-refractivity contribution in [3.63, 3.8) is 0 Å². The molecule has 0 aliphatic carbocycles. The number of rotatable bonds is 3. The Labute approximate surface area is 113 Å². The van der Waals surface area contributed by atoms with Crippen LogP contribution in [-0.4, -0.2) is 34.4 Å². The maximum atomic E-state index is 13.2. The minimum atomic E-state index is -0.698. The van der Waals surface area contributed by atoms with Gasteiger partial charge in [-0.15, -0.1) is 0 Å². The van der Waals surface area contributed by atoms with Crippen LogP contribution in [0.1, 0.15) is 0 Å². The maximum absolute atomic E-state index is 13.2. The largest absolute Gasteiger partial charge is 0.493 e. The Balaban J connectivity index is 1.87. The molecule has 0 bridgehead atoms. The Hall–Kier alpha value is -1.99. The van der Waals surface area contributed by atoms with Gasteiger partial charge in [-0.25, -0.2) is 13.5 Å². The van der Waals surface area contributed by atoms with Crippen LogP contribution in [0.2, 0.25) is 0 Å². The molecule has 0 atom stereocenters. The molecule has 7 heteroatoms. The number of ether oxygens (including phenoxy) is 2. The van der Waals surface area contributed by atoms with Crippen LogP contribution in [0.15, 0.2) is 24.3 Å². The smallest absolute Gasteiger partial charge is 0.210 e. The molecule has 0 spiro atoms. The number of benzene rings is 1. The Bertz CT molecular complexity index is 604. The van der Waals surface area contributed by atoms with E-state index < -0.39 is 17.9 Å². The fraction of sp³-hybridized carbons (Fsp3) is 0.308. The van der Waals surface area contributed by atoms with E-state index in [-0.39, 0.29) is 23.7 Å². The number of aromatic hydroxyl groups is 1. The van der Waals surface area contributed by atoms with Crippen LogP contribution in [0.5, 0.6) is 5.88 Å². The van der Waals surface area contributed by atoms with Crippen molar-refractivity contribution in [3.8, 4) is 17.1 Å². The standard InChI is InChI=1S/C13H12F2N2O3/c14-9-3-8(4-10(15)5-9)11-6-12(18)17(16-11)7-13-19-1-2-20-13/h3-6,13,18H,1-2,7H2. The monoisotopic (exact) mass is 282 g/mol. The molecular weight excluding hydrogens is 270 g/mol. The lowest BCUT2D eigenvalue weighted by atomic mass is 10.1. The molecule has 106 valence electrons. The van der Waals surface area contributed by atoms with Gasteiger partial charge in [-0.1, -0.05) is 0 Å². The molecular formula is C13H12F2N2O3. The van der Waals surface area contributed by atoms with Crippen LogP contribution in [0, 0.1) is 11.6 Å². The fourth-order valence-electron chi connectivity index (χ4n) is 2.04. The molecule has 0 amide bonds. The third kappa shape index (κ3) is 2.63. The number of aromatic nitrogens is 2. The molecule has 1 fully saturated rings. The van der Waals surface area contributed by atoms with Gasteiger partial charge in [0.2, 0.25) is 5.88 Å². The summed E-state index contributed by atoms with van der Waals surface area (Å²) in [5.74, 6) is -1.52. The van der Waals surface area contributed by atoms with E-state index >= 15 is 0 Å². The molecule has 1 saturated heterocycles. The van der Waals surface area contributed by atoms with Crippen LogP contribution >= 0.6 is 0 Å². The first-order valence-corrected chi connectivity index (χ1v) is 6.08. The molecule has 0 radical (unpaired) electrons. The predicted octanol–water partition coefficient (Wildman–Crippen LogP) is 1.91. The number of hydrogen-bond donors (Lipinski definition) is 1. The Kier molecular flexibility index (Phi) is 3.37. The summed E-state index contributed by atoms with van der Waals surface area (Å²) in [6, 6.07) is 4.42. The maximum Gasteiger partial charge on any atom is 0.210 e. The van der Waals surface area contributed by atoms with E-state index in [1.807, 2.05) is 0 Å². The summed E-state index contributed by atoms with van der Waals surface area (Å²) in [6.45, 7) is 1.20. The second-order valence-corrected chi connectivity index (χ2v) is 4.40. The van der Waals surface area contributed by atoms with E-state index in [4.69, 9.17) is 9.47 Å². The molecule has 1 N–H and O–H groups in total. The lowest BCUT2D eigenvalue weighted by Gasteiger charge is -2.09. The number of nitrogens with zero attached hydrogens (tertiary/aromatic N) is 2. The summed E-state index contributed by atoms with van der Waals surface area (Å²) in [5.41, 5.74) is 0.531. The van der Waals surface area contributed by atoms with Gasteiger partial charge in [0.25, 0.3) is 0 Å². The fourth-order valence-corrected chi connectivity index (χ4v) is 2.04. The topological polar surface area (TPSA) is 56.5 Å². The highest BCUT2D eigenvalue weighted by atomic mass is 19.1. The lowest BCUT2D eigenvalue weighted by Crippen LogP contribution is -2.17. The third-order valence-corrected chi connectivity index (χ3v) is 2.93. The minimum absolute atomic E-state index is 0.122. The van der Waals surface area contributed by atoms with E-state index in [0.717, 1.165) is 18.2 Å². The van der Waals surface area contributed by atoms with E-state index in [1.165, 1.54) is 10.7 Å². The van der Waals surface area contributed by atoms with Gasteiger partial charge in [0.05, 0.1) is 25.5 Å². The van der Waals surface area contributed by atoms with Crippen molar-refractivity contribution in [3.05, 3.63) is 35.9 Å². The summed E-state index contributed by atoms with van der Waals surface area (Å²) < 4.78 is 38.1. The minimum Gasteiger partial charge on any atom is -0.493 e. The zero-order valence-corrected chi connectivity index (χ0v) is 10.4. The highest BCUT2D eigenvalue weighted by Crippen LogP contribution is 2.25. The van der Waals surface area contributed by atoms with Gasteiger partial charge >= 0.3 is 0 Å². The Morgan fingerprint density at radius 3 is 2.45 bits per heavy atom. The van der Waals surface area contributed by atoms with Crippen molar-refractivity contribution < 1.29 is 23.4 Å². The summed E-state index contributed by atoms with van der Waals surface area (Å²) >= 11 is 0. The highest BCUT2D eigenvalue weighted by molar-refractivity contribution is 5.60. The van der Waals surface area contributed by atoms with E-state index in [1.54, 1.807) is 0 Å². The van der Waals surface area contributed by atoms with Gasteiger partial charge in [0, 0.05) is 17.7 Å². The van der Waals surface area contributed by atoms with Crippen molar-refractivity contribution >= 4 is 0 Å². The van der Waals surface area contributed by atoms with Crippen molar-refractivity contribution in [2.45, 2.75) is 12.8 Å². The van der Waals surface area contributed by atoms with E-state index in [2.05, 4.69) is 5.10 Å². The molecule has 1 aromatic heterocycles. The van der Waals surface area contributed by atoms with E-state index in [0.29, 0.717) is 13.2 Å². The van der Waals surface area contributed by atoms with Gasteiger partial charge < -0.3 is 14.6 Å². The average molecular weight is 282 g/mol. The van der Waals surface area contributed by atoms with Crippen molar-refractivity contribution in [2.24, 2.45) is 0 Å². The molecule has 1 aliphatic rings. The Morgan fingerprint density at radius 2 is 1.80 bits per heavy atom. The van der Waals surface area contributed by atoms with Crippen molar-refractivity contribution in [1.82, 2.24) is 9.78 Å². The third-order valence-electron chi connectivity index (χ3n) is 2.93. The van der Waals surface area contributed by atoms with Crippen LogP contribution in [0.25, 0.3) is 11.3 Å². The molecule has 0 unspecified atom stereocenters. The second-order valence-electron chi connectivity index (χ2n) is 4.40. The number of hydrogen-bond acceptors (Lipinski definition) is 4. The molecule has 2 heterocycles. The second kappa shape index (κ2) is 5.18. The van der Waals surface area contributed by atoms with Gasteiger partial charge in [0.15, 0.2) is 6.29 Å². The molecule has 5 nitrogen and oxygen atoms in total. The summed E-state index contributed by atoms with van der Waals surface area (Å²) in [7, 11) is 0. The van der Waals surface area contributed by atoms with Crippen molar-refractivity contribution in [1.29, 1.82) is 0 Å². The SMILES string of the molecule is Oc1cc(-c2cc(F)cc(F)c2)nn1CC1OCCO1. The summed E-state index contributed by atoms with van der Waals surface area (Å²) in [6.07, 6.45) is -0.474. The molecule has 1 aliphatic heterocycles. The van der Waals surface area contributed by atoms with Gasteiger partial charge in [0.1, 0.15) is 11.6 Å². The van der Waals surface area contributed by atoms with Gasteiger partial charge in [-0.3, -0.25) is 0 Å². The first-order chi connectivity index (χ1) is 9.61. The van der Waals surface area contributed by atoms with Crippen LogP contribution in [-0.2, 0) is 16.0 Å². The van der Waals surface area contributed by atoms with Gasteiger partial charge in [-0.05, 0) is 12.1 Å². The van der Waals surface area contributed by atoms with Crippen LogP contribution < -0.4 is 0 Å². The number of halogens is 2. The molecule has 3 rings (SSSR count). The molecule has 2 aromatic rings. The average Bonchev–Trinajstić information content (AvgIpc) is 3.00. The normalized spacial score (nSPS) is 15.9. The zero-order chi connectivity index (χ0) is 14.1. The lowest BCUT2D eigenvalue weighted by molar-refractivity contribution is -0.0556. The summed E-state index contributed by atoms with van der Waals surface area (Å²) in [4.78, 5) is 0. The van der Waals surface area contributed by atoms with Gasteiger partial charge in [-0.2, -0.15) is 5.10 Å². The zero-order valence-electron chi connectivity index (χ0n) is 10.4. The first-order valence-electron chi connectivity index (χ1n) is 6.08. The Morgan fingerprint density at radius 1 is 1.15 bits per heavy atom. The quantitative estimate of drug-likeness (QED) is 0.934. The van der Waals surface area contributed by atoms with Crippen molar-refractivity contribution in [2.75, 3.05) is 13.2 Å². The summed E-state index contributed by atoms with van der Waals surface area (Å²) in [5, 5.41) is 13.9. The van der Waals surface area contributed by atoms with Crippen LogP contribution in [0.3, 0.4) is 0 Å². The molecule has 20 heavy (non-hydrogen) atoms. The van der Waals surface area contributed by atoms with E-state index in [9.17, 15) is 13.9 Å². The predicted molar refractivity (Wildman–Crippen MR) is 64.9 cm³/mol.